The number of imidazole rings is 1. The minimum absolute atomic E-state index is 0.280. The van der Waals surface area contributed by atoms with Crippen molar-refractivity contribution in [1.29, 1.82) is 0 Å². The summed E-state index contributed by atoms with van der Waals surface area (Å²) >= 11 is 5.94. The summed E-state index contributed by atoms with van der Waals surface area (Å²) in [6.45, 7) is 0.280. The van der Waals surface area contributed by atoms with Crippen molar-refractivity contribution in [3.8, 4) is 0 Å². The van der Waals surface area contributed by atoms with Crippen LogP contribution < -0.4 is 10.6 Å². The van der Waals surface area contributed by atoms with Gasteiger partial charge in [0.25, 0.3) is 0 Å². The lowest BCUT2D eigenvalue weighted by Crippen LogP contribution is -2.29. The third kappa shape index (κ3) is 2.74. The van der Waals surface area contributed by atoms with Gasteiger partial charge in [0.05, 0.1) is 17.3 Å². The molecule has 0 radical (unpaired) electrons. The van der Waals surface area contributed by atoms with Crippen LogP contribution in [-0.2, 0) is 6.54 Å². The van der Waals surface area contributed by atoms with Crippen molar-refractivity contribution >= 4 is 34.9 Å². The van der Waals surface area contributed by atoms with Crippen molar-refractivity contribution < 1.29 is 4.79 Å². The van der Waals surface area contributed by atoms with Crippen molar-refractivity contribution in [2.24, 2.45) is 0 Å². The van der Waals surface area contributed by atoms with Crippen molar-refractivity contribution in [2.75, 3.05) is 5.32 Å². The van der Waals surface area contributed by atoms with E-state index in [0.29, 0.717) is 16.6 Å². The topological polar surface area (TPSA) is 88.6 Å². The quantitative estimate of drug-likeness (QED) is 0.598. The van der Waals surface area contributed by atoms with E-state index >= 15 is 0 Å². The Morgan fingerprint density at radius 3 is 2.96 bits per heavy atom. The molecule has 4 aromatic rings. The number of rotatable bonds is 3. The maximum atomic E-state index is 12.0. The number of hydrogen-bond donors (Lipinski definition) is 2. The highest BCUT2D eigenvalue weighted by molar-refractivity contribution is 6.30. The van der Waals surface area contributed by atoms with Crippen molar-refractivity contribution in [2.45, 2.75) is 6.54 Å². The molecule has 4 aromatic heterocycles. The number of nitrogens with zero attached hydrogens (tertiary/aromatic N) is 5. The van der Waals surface area contributed by atoms with Crippen LogP contribution in [0, 0.1) is 0 Å². The Balaban J connectivity index is 1.44. The van der Waals surface area contributed by atoms with E-state index in [4.69, 9.17) is 11.6 Å². The smallest absolute Gasteiger partial charge is 0.321 e. The van der Waals surface area contributed by atoms with E-state index in [1.165, 1.54) is 0 Å². The summed E-state index contributed by atoms with van der Waals surface area (Å²) < 4.78 is 3.50. The van der Waals surface area contributed by atoms with Gasteiger partial charge in [0.2, 0.25) is 5.95 Å². The number of halogens is 1. The third-order valence-electron chi connectivity index (χ3n) is 3.43. The molecule has 24 heavy (non-hydrogen) atoms. The molecule has 2 amide bonds. The number of carbonyl (C=O) groups is 1. The normalized spacial score (nSPS) is 11.0. The molecule has 0 spiro atoms. The lowest BCUT2D eigenvalue weighted by Gasteiger charge is -2.04. The second-order valence-corrected chi connectivity index (χ2v) is 5.54. The van der Waals surface area contributed by atoms with Gasteiger partial charge in [-0.05, 0) is 24.3 Å². The van der Waals surface area contributed by atoms with Gasteiger partial charge in [-0.15, -0.1) is 10.2 Å². The number of carbonyl (C=O) groups excluding carboxylic acids is 1. The predicted molar refractivity (Wildman–Crippen MR) is 89.0 cm³/mol. The molecule has 8 nitrogen and oxygen atoms in total. The molecule has 2 N–H and O–H groups in total. The van der Waals surface area contributed by atoms with Crippen molar-refractivity contribution in [1.82, 2.24) is 29.3 Å². The second kappa shape index (κ2) is 5.82. The molecule has 4 heterocycles. The second-order valence-electron chi connectivity index (χ2n) is 5.11. The monoisotopic (exact) mass is 341 g/mol. The van der Waals surface area contributed by atoms with Gasteiger partial charge in [0.1, 0.15) is 5.65 Å². The lowest BCUT2D eigenvalue weighted by atomic mass is 10.5. The maximum Gasteiger partial charge on any atom is 0.321 e. The molecule has 9 heteroatoms. The highest BCUT2D eigenvalue weighted by Crippen LogP contribution is 2.12. The molecule has 0 bridgehead atoms. The Hall–Kier alpha value is -3.13. The lowest BCUT2D eigenvalue weighted by molar-refractivity contribution is 0.251. The molecule has 0 saturated heterocycles. The summed E-state index contributed by atoms with van der Waals surface area (Å²) in [5.41, 5.74) is 2.14. The number of nitrogens with one attached hydrogen (secondary N) is 2. The van der Waals surface area contributed by atoms with Gasteiger partial charge in [-0.2, -0.15) is 0 Å². The van der Waals surface area contributed by atoms with Crippen LogP contribution in [-0.4, -0.2) is 30.0 Å². The molecule has 0 aromatic carbocycles. The standard InChI is InChI=1S/C15H12ClN7O/c16-10-4-5-12-18-11(9-22(12)8-10)7-17-15(24)19-14-21-20-13-3-1-2-6-23(13)14/h1-6,8-9H,7H2,(H2,17,19,21,24). The molecule has 0 aliphatic carbocycles. The average Bonchev–Trinajstić information content (AvgIpc) is 3.17. The summed E-state index contributed by atoms with van der Waals surface area (Å²) in [5.74, 6) is 0.352. The summed E-state index contributed by atoms with van der Waals surface area (Å²) in [6, 6.07) is 8.68. The first kappa shape index (κ1) is 14.5. The highest BCUT2D eigenvalue weighted by atomic mass is 35.5. The minimum atomic E-state index is -0.386. The number of anilines is 1. The largest absolute Gasteiger partial charge is 0.332 e. The fraction of sp³-hybridized carbons (Fsp3) is 0.0667. The van der Waals surface area contributed by atoms with E-state index in [0.717, 1.165) is 11.3 Å². The van der Waals surface area contributed by atoms with Crippen molar-refractivity contribution in [3.63, 3.8) is 0 Å². The predicted octanol–water partition coefficient (Wildman–Crippen LogP) is 2.35. The van der Waals surface area contributed by atoms with Crippen LogP contribution in [0.15, 0.2) is 48.9 Å². The van der Waals surface area contributed by atoms with Gasteiger partial charge in [0.15, 0.2) is 5.65 Å². The first-order valence-electron chi connectivity index (χ1n) is 7.17. The molecule has 0 unspecified atom stereocenters. The average molecular weight is 342 g/mol. The van der Waals surface area contributed by atoms with Crippen LogP contribution in [0.1, 0.15) is 5.69 Å². The van der Waals surface area contributed by atoms with Gasteiger partial charge in [-0.3, -0.25) is 9.72 Å². The van der Waals surface area contributed by atoms with Crippen LogP contribution in [0.2, 0.25) is 5.02 Å². The van der Waals surface area contributed by atoms with Crippen LogP contribution in [0.25, 0.3) is 11.3 Å². The molecular weight excluding hydrogens is 330 g/mol. The van der Waals surface area contributed by atoms with E-state index < -0.39 is 0 Å². The number of fused-ring (bicyclic) bond motifs is 2. The Kier molecular flexibility index (Phi) is 3.51. The Bertz CT molecular complexity index is 1040. The number of aromatic nitrogens is 5. The molecule has 120 valence electrons. The number of pyridine rings is 2. The first-order valence-corrected chi connectivity index (χ1v) is 7.54. The minimum Gasteiger partial charge on any atom is -0.332 e. The molecule has 0 atom stereocenters. The zero-order valence-electron chi connectivity index (χ0n) is 12.3. The van der Waals surface area contributed by atoms with E-state index in [1.807, 2.05) is 28.8 Å². The van der Waals surface area contributed by atoms with E-state index in [1.54, 1.807) is 28.9 Å². The van der Waals surface area contributed by atoms with E-state index in [2.05, 4.69) is 25.8 Å². The summed E-state index contributed by atoms with van der Waals surface area (Å²) in [4.78, 5) is 16.4. The molecule has 0 saturated carbocycles. The van der Waals surface area contributed by atoms with E-state index in [9.17, 15) is 4.79 Å². The van der Waals surface area contributed by atoms with Crippen molar-refractivity contribution in [3.05, 3.63) is 59.6 Å². The van der Waals surface area contributed by atoms with E-state index in [-0.39, 0.29) is 12.6 Å². The van der Waals surface area contributed by atoms with Gasteiger partial charge >= 0.3 is 6.03 Å². The molecule has 0 fully saturated rings. The fourth-order valence-electron chi connectivity index (χ4n) is 2.35. The highest BCUT2D eigenvalue weighted by Gasteiger charge is 2.09. The molecule has 0 aliphatic rings. The summed E-state index contributed by atoms with van der Waals surface area (Å²) in [6.07, 6.45) is 5.35. The van der Waals surface area contributed by atoms with Crippen LogP contribution in [0.4, 0.5) is 10.7 Å². The maximum absolute atomic E-state index is 12.0. The Morgan fingerprint density at radius 2 is 2.04 bits per heavy atom. The molecule has 4 rings (SSSR count). The number of amides is 2. The van der Waals surface area contributed by atoms with Crippen LogP contribution in [0.5, 0.6) is 0 Å². The first-order chi connectivity index (χ1) is 11.7. The Morgan fingerprint density at radius 1 is 1.12 bits per heavy atom. The van der Waals surface area contributed by atoms with Gasteiger partial charge in [-0.1, -0.05) is 17.7 Å². The summed E-state index contributed by atoms with van der Waals surface area (Å²) in [7, 11) is 0. The fourth-order valence-corrected chi connectivity index (χ4v) is 2.51. The van der Waals surface area contributed by atoms with Crippen LogP contribution >= 0.6 is 11.6 Å². The van der Waals surface area contributed by atoms with Gasteiger partial charge < -0.3 is 9.72 Å². The van der Waals surface area contributed by atoms with Gasteiger partial charge in [-0.25, -0.2) is 9.78 Å². The van der Waals surface area contributed by atoms with Gasteiger partial charge in [0, 0.05) is 18.6 Å². The zero-order chi connectivity index (χ0) is 16.5. The molecular formula is C15H12ClN7O. The van der Waals surface area contributed by atoms with Crippen LogP contribution in [0.3, 0.4) is 0 Å². The molecule has 0 aliphatic heterocycles. The SMILES string of the molecule is O=C(NCc1cn2cc(Cl)ccc2n1)Nc1nnc2ccccn12. The third-order valence-corrected chi connectivity index (χ3v) is 3.66. The number of urea groups is 1. The zero-order valence-corrected chi connectivity index (χ0v) is 13.1. The Labute approximate surface area is 141 Å². The number of hydrogen-bond acceptors (Lipinski definition) is 4. The summed E-state index contributed by atoms with van der Waals surface area (Å²) in [5, 5.41) is 13.9.